The minimum atomic E-state index is 0.377. The molecule has 2 aliphatic rings. The van der Waals surface area contributed by atoms with E-state index in [2.05, 4.69) is 53.4 Å². The maximum atomic E-state index is 5.97. The van der Waals surface area contributed by atoms with E-state index < -0.39 is 0 Å². The quantitative estimate of drug-likeness (QED) is 0.559. The standard InChI is InChI=1S/C22H43NO/c1-15(2)18(7)20-10-8-19(9-11-20)14-23(16(3)4)21-12-22(13-21)24-17(5)6/h15-22H,8-14H2,1-7H3/t18?,19-,20-,21-,22-. The first kappa shape index (κ1) is 20.2. The monoisotopic (exact) mass is 337 g/mol. The van der Waals surface area contributed by atoms with Crippen molar-refractivity contribution in [1.82, 2.24) is 4.90 Å². The van der Waals surface area contributed by atoms with Crippen LogP contribution in [0.25, 0.3) is 0 Å². The Morgan fingerprint density at radius 3 is 1.92 bits per heavy atom. The first-order chi connectivity index (χ1) is 11.3. The van der Waals surface area contributed by atoms with Gasteiger partial charge in [0.25, 0.3) is 0 Å². The predicted octanol–water partition coefficient (Wildman–Crippen LogP) is 5.75. The molecule has 0 aliphatic heterocycles. The van der Waals surface area contributed by atoms with E-state index in [1.807, 2.05) is 0 Å². The van der Waals surface area contributed by atoms with Crippen LogP contribution in [-0.2, 0) is 4.74 Å². The summed E-state index contributed by atoms with van der Waals surface area (Å²) in [5.41, 5.74) is 0. The third-order valence-corrected chi connectivity index (χ3v) is 6.82. The molecule has 0 heterocycles. The van der Waals surface area contributed by atoms with Gasteiger partial charge in [0.1, 0.15) is 0 Å². The molecule has 2 saturated carbocycles. The molecular formula is C22H43NO. The fourth-order valence-corrected chi connectivity index (χ4v) is 4.83. The number of rotatable bonds is 8. The van der Waals surface area contributed by atoms with E-state index in [1.54, 1.807) is 0 Å². The predicted molar refractivity (Wildman–Crippen MR) is 104 cm³/mol. The molecule has 1 atom stereocenters. The minimum absolute atomic E-state index is 0.377. The first-order valence-corrected chi connectivity index (χ1v) is 10.7. The molecule has 0 bridgehead atoms. The molecule has 0 aromatic carbocycles. The average molecular weight is 338 g/mol. The number of hydrogen-bond acceptors (Lipinski definition) is 2. The van der Waals surface area contributed by atoms with Crippen LogP contribution in [0.15, 0.2) is 0 Å². The van der Waals surface area contributed by atoms with E-state index in [1.165, 1.54) is 45.1 Å². The third kappa shape index (κ3) is 5.46. The molecule has 1 unspecified atom stereocenters. The Kier molecular flexibility index (Phi) is 7.61. The molecule has 0 amide bonds. The second kappa shape index (κ2) is 9.03. The van der Waals surface area contributed by atoms with E-state index >= 15 is 0 Å². The van der Waals surface area contributed by atoms with E-state index in [4.69, 9.17) is 4.74 Å². The molecule has 0 saturated heterocycles. The van der Waals surface area contributed by atoms with E-state index in [-0.39, 0.29) is 0 Å². The van der Waals surface area contributed by atoms with E-state index in [9.17, 15) is 0 Å². The largest absolute Gasteiger partial charge is 0.375 e. The Hall–Kier alpha value is -0.0800. The first-order valence-electron chi connectivity index (χ1n) is 10.7. The van der Waals surface area contributed by atoms with Gasteiger partial charge in [0.05, 0.1) is 12.2 Å². The Bertz CT molecular complexity index is 351. The summed E-state index contributed by atoms with van der Waals surface area (Å²) in [4.78, 5) is 2.79. The summed E-state index contributed by atoms with van der Waals surface area (Å²) in [5.74, 6) is 3.63. The van der Waals surface area contributed by atoms with Gasteiger partial charge in [-0.2, -0.15) is 0 Å². The summed E-state index contributed by atoms with van der Waals surface area (Å²) >= 11 is 0. The van der Waals surface area contributed by atoms with Crippen LogP contribution in [0.1, 0.15) is 87.0 Å². The van der Waals surface area contributed by atoms with Crippen LogP contribution in [0.3, 0.4) is 0 Å². The maximum absolute atomic E-state index is 5.97. The zero-order chi connectivity index (χ0) is 17.9. The van der Waals surface area contributed by atoms with Crippen LogP contribution in [-0.4, -0.2) is 35.7 Å². The highest BCUT2D eigenvalue weighted by atomic mass is 16.5. The third-order valence-electron chi connectivity index (χ3n) is 6.82. The molecule has 142 valence electrons. The molecule has 0 N–H and O–H groups in total. The molecule has 2 aliphatic carbocycles. The fourth-order valence-electron chi connectivity index (χ4n) is 4.83. The Morgan fingerprint density at radius 2 is 1.46 bits per heavy atom. The van der Waals surface area contributed by atoms with Gasteiger partial charge in [-0.25, -0.2) is 0 Å². The van der Waals surface area contributed by atoms with Crippen LogP contribution in [0.2, 0.25) is 0 Å². The van der Waals surface area contributed by atoms with Crippen LogP contribution in [0, 0.1) is 23.7 Å². The normalized spacial score (nSPS) is 32.6. The molecule has 0 aromatic heterocycles. The van der Waals surface area contributed by atoms with Gasteiger partial charge in [0.15, 0.2) is 0 Å². The van der Waals surface area contributed by atoms with Gasteiger partial charge in [0.2, 0.25) is 0 Å². The molecule has 2 rings (SSSR count). The van der Waals surface area contributed by atoms with Crippen molar-refractivity contribution >= 4 is 0 Å². The van der Waals surface area contributed by atoms with Crippen LogP contribution >= 0.6 is 0 Å². The number of nitrogens with zero attached hydrogens (tertiary/aromatic N) is 1. The lowest BCUT2D eigenvalue weighted by molar-refractivity contribution is -0.0859. The summed E-state index contributed by atoms with van der Waals surface area (Å²) in [5, 5.41) is 0. The zero-order valence-electron chi connectivity index (χ0n) is 17.4. The topological polar surface area (TPSA) is 12.5 Å². The molecule has 2 fully saturated rings. The van der Waals surface area contributed by atoms with Crippen LogP contribution in [0.5, 0.6) is 0 Å². The smallest absolute Gasteiger partial charge is 0.0608 e. The van der Waals surface area contributed by atoms with E-state index in [0.717, 1.165) is 29.7 Å². The second-order valence-electron chi connectivity index (χ2n) is 9.61. The molecule has 2 heteroatoms. The molecule has 0 spiro atoms. The van der Waals surface area contributed by atoms with Gasteiger partial charge in [-0.15, -0.1) is 0 Å². The zero-order valence-corrected chi connectivity index (χ0v) is 17.4. The van der Waals surface area contributed by atoms with E-state index in [0.29, 0.717) is 18.2 Å². The highest BCUT2D eigenvalue weighted by Gasteiger charge is 2.37. The van der Waals surface area contributed by atoms with Gasteiger partial charge < -0.3 is 4.74 Å². The lowest BCUT2D eigenvalue weighted by Crippen LogP contribution is -2.53. The van der Waals surface area contributed by atoms with Crippen molar-refractivity contribution < 1.29 is 4.74 Å². The highest BCUT2D eigenvalue weighted by Crippen LogP contribution is 2.38. The Labute approximate surface area is 151 Å². The van der Waals surface area contributed by atoms with Crippen LogP contribution in [0.4, 0.5) is 0 Å². The van der Waals surface area contributed by atoms with Gasteiger partial charge in [0, 0.05) is 18.6 Å². The highest BCUT2D eigenvalue weighted by molar-refractivity contribution is 4.91. The summed E-state index contributed by atoms with van der Waals surface area (Å²) in [6, 6.07) is 1.43. The van der Waals surface area contributed by atoms with Gasteiger partial charge in [-0.05, 0) is 89.9 Å². The number of hydrogen-bond donors (Lipinski definition) is 0. The molecule has 0 radical (unpaired) electrons. The van der Waals surface area contributed by atoms with Gasteiger partial charge >= 0.3 is 0 Å². The Morgan fingerprint density at radius 1 is 0.875 bits per heavy atom. The van der Waals surface area contributed by atoms with Crippen molar-refractivity contribution in [2.45, 2.75) is 111 Å². The maximum Gasteiger partial charge on any atom is 0.0608 e. The summed E-state index contributed by atoms with van der Waals surface area (Å²) in [6.45, 7) is 17.6. The van der Waals surface area contributed by atoms with Crippen molar-refractivity contribution in [3.05, 3.63) is 0 Å². The summed E-state index contributed by atoms with van der Waals surface area (Å²) in [7, 11) is 0. The second-order valence-corrected chi connectivity index (χ2v) is 9.61. The fraction of sp³-hybridized carbons (Fsp3) is 1.00. The number of ether oxygens (including phenoxy) is 1. The van der Waals surface area contributed by atoms with Crippen LogP contribution < -0.4 is 0 Å². The lowest BCUT2D eigenvalue weighted by Gasteiger charge is -2.47. The molecular weight excluding hydrogens is 294 g/mol. The molecule has 24 heavy (non-hydrogen) atoms. The summed E-state index contributed by atoms with van der Waals surface area (Å²) < 4.78 is 5.97. The Balaban J connectivity index is 1.77. The van der Waals surface area contributed by atoms with Crippen molar-refractivity contribution in [3.8, 4) is 0 Å². The van der Waals surface area contributed by atoms with Crippen molar-refractivity contribution in [2.24, 2.45) is 23.7 Å². The van der Waals surface area contributed by atoms with Crippen molar-refractivity contribution in [2.75, 3.05) is 6.54 Å². The van der Waals surface area contributed by atoms with Gasteiger partial charge in [-0.1, -0.05) is 20.8 Å². The SMILES string of the molecule is CC(C)O[C@H]1C[C@H](N(C[C@H]2CC[C@H](C(C)C(C)C)CC2)C(C)C)C1. The van der Waals surface area contributed by atoms with Crippen molar-refractivity contribution in [1.29, 1.82) is 0 Å². The molecule has 2 nitrogen and oxygen atoms in total. The average Bonchev–Trinajstić information content (AvgIpc) is 2.48. The lowest BCUT2D eigenvalue weighted by atomic mass is 9.72. The van der Waals surface area contributed by atoms with Gasteiger partial charge in [-0.3, -0.25) is 4.90 Å². The molecule has 0 aromatic rings. The summed E-state index contributed by atoms with van der Waals surface area (Å²) in [6.07, 6.45) is 9.19. The van der Waals surface area contributed by atoms with Crippen molar-refractivity contribution in [3.63, 3.8) is 0 Å². The minimum Gasteiger partial charge on any atom is -0.375 e.